The van der Waals surface area contributed by atoms with E-state index in [0.717, 1.165) is 6.07 Å². The van der Waals surface area contributed by atoms with Crippen molar-refractivity contribution in [2.24, 2.45) is 5.73 Å². The Labute approximate surface area is 104 Å². The van der Waals surface area contributed by atoms with Crippen molar-refractivity contribution >= 4 is 27.6 Å². The summed E-state index contributed by atoms with van der Waals surface area (Å²) in [4.78, 5) is 20.7. The fourth-order valence-corrected chi connectivity index (χ4v) is 1.39. The summed E-state index contributed by atoms with van der Waals surface area (Å²) in [6, 6.07) is 3.81. The summed E-state index contributed by atoms with van der Waals surface area (Å²) in [5.41, 5.74) is 5.02. The molecule has 0 radical (unpaired) electrons. The first-order valence-electron chi connectivity index (χ1n) is 4.49. The molecule has 1 aromatic carbocycles. The highest BCUT2D eigenvalue weighted by atomic mass is 79.9. The van der Waals surface area contributed by atoms with E-state index in [1.165, 1.54) is 12.1 Å². The van der Waals surface area contributed by atoms with Crippen molar-refractivity contribution in [1.82, 2.24) is 0 Å². The van der Waals surface area contributed by atoms with Crippen molar-refractivity contribution in [1.29, 1.82) is 0 Å². The number of nitro groups is 1. The molecule has 0 aliphatic rings. The first-order chi connectivity index (χ1) is 7.95. The molecule has 8 heteroatoms. The predicted molar refractivity (Wildman–Crippen MR) is 61.9 cm³/mol. The van der Waals surface area contributed by atoms with Crippen LogP contribution in [0, 0.1) is 10.1 Å². The van der Waals surface area contributed by atoms with Gasteiger partial charge in [0.1, 0.15) is 5.75 Å². The van der Waals surface area contributed by atoms with E-state index < -0.39 is 17.0 Å². The minimum atomic E-state index is -1.24. The molecule has 7 nitrogen and oxygen atoms in total. The van der Waals surface area contributed by atoms with Crippen molar-refractivity contribution in [3.05, 3.63) is 32.8 Å². The summed E-state index contributed by atoms with van der Waals surface area (Å²) in [5, 5.41) is 19.3. The SMILES string of the molecule is NCC(Oc1cc([N+](=O)[O-])ccc1Br)C(=O)O. The van der Waals surface area contributed by atoms with Gasteiger partial charge in [-0.3, -0.25) is 10.1 Å². The summed E-state index contributed by atoms with van der Waals surface area (Å²) in [7, 11) is 0. The number of aliphatic carboxylic acids is 1. The number of hydrogen-bond acceptors (Lipinski definition) is 5. The van der Waals surface area contributed by atoms with Gasteiger partial charge in [0.05, 0.1) is 15.5 Å². The molecule has 0 aliphatic heterocycles. The van der Waals surface area contributed by atoms with Crippen molar-refractivity contribution in [3.8, 4) is 5.75 Å². The number of hydrogen-bond donors (Lipinski definition) is 2. The number of halogens is 1. The van der Waals surface area contributed by atoms with E-state index >= 15 is 0 Å². The Hall–Kier alpha value is -1.67. The number of nitrogens with two attached hydrogens (primary N) is 1. The Morgan fingerprint density at radius 3 is 2.76 bits per heavy atom. The molecule has 0 saturated carbocycles. The molecule has 1 atom stereocenters. The molecule has 1 unspecified atom stereocenters. The van der Waals surface area contributed by atoms with Crippen molar-refractivity contribution < 1.29 is 19.6 Å². The molecule has 0 aromatic heterocycles. The van der Waals surface area contributed by atoms with Gasteiger partial charge in [-0.25, -0.2) is 4.79 Å². The number of nitro benzene ring substituents is 1. The standard InChI is InChI=1S/C9H9BrN2O5/c10-6-2-1-5(12(15)16)3-7(6)17-8(4-11)9(13)14/h1-3,8H,4,11H2,(H,13,14). The second-order valence-electron chi connectivity index (χ2n) is 3.05. The Kier molecular flexibility index (Phi) is 4.41. The number of carbonyl (C=O) groups is 1. The summed E-state index contributed by atoms with van der Waals surface area (Å²) >= 11 is 3.11. The molecule has 1 rings (SSSR count). The second kappa shape index (κ2) is 5.60. The van der Waals surface area contributed by atoms with Crippen LogP contribution in [0.2, 0.25) is 0 Å². The van der Waals surface area contributed by atoms with Gasteiger partial charge in [-0.15, -0.1) is 0 Å². The third-order valence-electron chi connectivity index (χ3n) is 1.88. The van der Waals surface area contributed by atoms with Gasteiger partial charge in [0.25, 0.3) is 5.69 Å². The highest BCUT2D eigenvalue weighted by Gasteiger charge is 2.20. The monoisotopic (exact) mass is 304 g/mol. The first kappa shape index (κ1) is 13.4. The number of ether oxygens (including phenoxy) is 1. The molecule has 0 heterocycles. The number of rotatable bonds is 5. The maximum absolute atomic E-state index is 10.7. The van der Waals surface area contributed by atoms with Crippen LogP contribution in [0.25, 0.3) is 0 Å². The van der Waals surface area contributed by atoms with Gasteiger partial charge in [0.15, 0.2) is 0 Å². The quantitative estimate of drug-likeness (QED) is 0.622. The Balaban J connectivity index is 3.00. The zero-order valence-corrected chi connectivity index (χ0v) is 10.1. The molecule has 0 bridgehead atoms. The summed E-state index contributed by atoms with van der Waals surface area (Å²) in [6.07, 6.45) is -1.24. The average Bonchev–Trinajstić information content (AvgIpc) is 2.27. The summed E-state index contributed by atoms with van der Waals surface area (Å²) in [5.74, 6) is -1.16. The molecule has 0 amide bonds. The van der Waals surface area contributed by atoms with E-state index in [-0.39, 0.29) is 18.0 Å². The zero-order valence-electron chi connectivity index (χ0n) is 8.50. The lowest BCUT2D eigenvalue weighted by molar-refractivity contribution is -0.385. The fraction of sp³-hybridized carbons (Fsp3) is 0.222. The number of nitrogens with zero attached hydrogens (tertiary/aromatic N) is 1. The lowest BCUT2D eigenvalue weighted by Crippen LogP contribution is -2.34. The van der Waals surface area contributed by atoms with E-state index in [1.54, 1.807) is 0 Å². The summed E-state index contributed by atoms with van der Waals surface area (Å²) < 4.78 is 5.49. The molecule has 3 N–H and O–H groups in total. The number of non-ortho nitro benzene ring substituents is 1. The van der Waals surface area contributed by atoms with E-state index in [9.17, 15) is 14.9 Å². The average molecular weight is 305 g/mol. The molecule has 0 fully saturated rings. The van der Waals surface area contributed by atoms with Crippen LogP contribution in [0.15, 0.2) is 22.7 Å². The van der Waals surface area contributed by atoms with Crippen molar-refractivity contribution in [2.75, 3.05) is 6.54 Å². The third kappa shape index (κ3) is 3.40. The minimum Gasteiger partial charge on any atom is -0.478 e. The Bertz CT molecular complexity index is 451. The fourth-order valence-electron chi connectivity index (χ4n) is 1.05. The van der Waals surface area contributed by atoms with Crippen LogP contribution in [-0.2, 0) is 4.79 Å². The maximum Gasteiger partial charge on any atom is 0.346 e. The number of carboxylic acid groups (broad SMARTS) is 1. The lowest BCUT2D eigenvalue weighted by Gasteiger charge is -2.13. The zero-order chi connectivity index (χ0) is 13.0. The van der Waals surface area contributed by atoms with Crippen LogP contribution < -0.4 is 10.5 Å². The molecule has 17 heavy (non-hydrogen) atoms. The van der Waals surface area contributed by atoms with E-state index in [0.29, 0.717) is 4.47 Å². The molecule has 0 aliphatic carbocycles. The number of carboxylic acids is 1. The van der Waals surface area contributed by atoms with Crippen LogP contribution >= 0.6 is 15.9 Å². The van der Waals surface area contributed by atoms with Crippen LogP contribution in [0.5, 0.6) is 5.75 Å². The van der Waals surface area contributed by atoms with Gasteiger partial charge in [-0.1, -0.05) is 0 Å². The second-order valence-corrected chi connectivity index (χ2v) is 3.91. The van der Waals surface area contributed by atoms with Crippen LogP contribution in [0.4, 0.5) is 5.69 Å². The normalized spacial score (nSPS) is 11.9. The van der Waals surface area contributed by atoms with Gasteiger partial charge in [0, 0.05) is 12.6 Å². The van der Waals surface area contributed by atoms with E-state index in [1.807, 2.05) is 0 Å². The molecular weight excluding hydrogens is 296 g/mol. The third-order valence-corrected chi connectivity index (χ3v) is 2.54. The molecule has 92 valence electrons. The van der Waals surface area contributed by atoms with E-state index in [2.05, 4.69) is 15.9 Å². The maximum atomic E-state index is 10.7. The minimum absolute atomic E-state index is 0.0667. The van der Waals surface area contributed by atoms with Crippen LogP contribution in [-0.4, -0.2) is 28.6 Å². The van der Waals surface area contributed by atoms with Gasteiger partial charge in [0.2, 0.25) is 6.10 Å². The predicted octanol–water partition coefficient (Wildman–Crippen LogP) is 1.15. The van der Waals surface area contributed by atoms with Gasteiger partial charge in [-0.05, 0) is 22.0 Å². The van der Waals surface area contributed by atoms with Gasteiger partial charge < -0.3 is 15.6 Å². The smallest absolute Gasteiger partial charge is 0.346 e. The number of benzene rings is 1. The molecule has 0 spiro atoms. The first-order valence-corrected chi connectivity index (χ1v) is 5.28. The van der Waals surface area contributed by atoms with Gasteiger partial charge in [-0.2, -0.15) is 0 Å². The van der Waals surface area contributed by atoms with Crippen molar-refractivity contribution in [3.63, 3.8) is 0 Å². The Morgan fingerprint density at radius 1 is 1.65 bits per heavy atom. The highest BCUT2D eigenvalue weighted by Crippen LogP contribution is 2.29. The topological polar surface area (TPSA) is 116 Å². The van der Waals surface area contributed by atoms with Gasteiger partial charge >= 0.3 is 5.97 Å². The largest absolute Gasteiger partial charge is 0.478 e. The molecule has 0 saturated heterocycles. The Morgan fingerprint density at radius 2 is 2.29 bits per heavy atom. The summed E-state index contributed by atoms with van der Waals surface area (Å²) in [6.45, 7) is -0.232. The van der Waals surface area contributed by atoms with Crippen molar-refractivity contribution in [2.45, 2.75) is 6.10 Å². The molecule has 1 aromatic rings. The highest BCUT2D eigenvalue weighted by molar-refractivity contribution is 9.10. The lowest BCUT2D eigenvalue weighted by atomic mass is 10.3. The van der Waals surface area contributed by atoms with Crippen LogP contribution in [0.3, 0.4) is 0 Å². The van der Waals surface area contributed by atoms with E-state index in [4.69, 9.17) is 15.6 Å². The van der Waals surface area contributed by atoms with Crippen LogP contribution in [0.1, 0.15) is 0 Å². The molecular formula is C9H9BrN2O5.